The average Bonchev–Trinajstić information content (AvgIpc) is 2.76. The van der Waals surface area contributed by atoms with Gasteiger partial charge in [-0.3, -0.25) is 9.59 Å². The van der Waals surface area contributed by atoms with E-state index in [2.05, 4.69) is 15.8 Å². The second-order valence-electron chi connectivity index (χ2n) is 8.02. The molecule has 7 nitrogen and oxygen atoms in total. The van der Waals surface area contributed by atoms with Crippen molar-refractivity contribution in [3.05, 3.63) is 63.0 Å². The summed E-state index contributed by atoms with van der Waals surface area (Å²) in [5, 5.41) is 9.69. The lowest BCUT2D eigenvalue weighted by Gasteiger charge is -2.43. The van der Waals surface area contributed by atoms with Gasteiger partial charge in [-0.15, -0.1) is 4.91 Å². The molecular formula is C23H27ClN4O3. The predicted molar refractivity (Wildman–Crippen MR) is 123 cm³/mol. The lowest BCUT2D eigenvalue weighted by atomic mass is 9.84. The third-order valence-corrected chi connectivity index (χ3v) is 6.31. The fourth-order valence-corrected chi connectivity index (χ4v) is 4.46. The van der Waals surface area contributed by atoms with E-state index in [1.54, 1.807) is 36.2 Å². The molecule has 0 aliphatic carbocycles. The number of carbonyl (C=O) groups is 2. The highest BCUT2D eigenvalue weighted by atomic mass is 35.5. The van der Waals surface area contributed by atoms with Gasteiger partial charge in [-0.2, -0.15) is 0 Å². The number of anilines is 1. The molecule has 2 aromatic carbocycles. The summed E-state index contributed by atoms with van der Waals surface area (Å²) in [6.45, 7) is 5.15. The molecule has 164 valence electrons. The molecule has 1 aliphatic heterocycles. The fourth-order valence-electron chi connectivity index (χ4n) is 4.14. The molecular weight excluding hydrogens is 416 g/mol. The minimum Gasteiger partial charge on any atom is -0.331 e. The molecule has 8 heteroatoms. The minimum atomic E-state index is -0.960. The largest absolute Gasteiger partial charge is 0.331 e. The van der Waals surface area contributed by atoms with Crippen molar-refractivity contribution >= 4 is 34.8 Å². The second-order valence-corrected chi connectivity index (χ2v) is 8.46. The van der Waals surface area contributed by atoms with Crippen molar-refractivity contribution in [1.29, 1.82) is 0 Å². The maximum atomic E-state index is 13.4. The van der Waals surface area contributed by atoms with E-state index in [-0.39, 0.29) is 23.9 Å². The average molecular weight is 443 g/mol. The molecule has 0 bridgehead atoms. The van der Waals surface area contributed by atoms with Crippen molar-refractivity contribution < 1.29 is 9.59 Å². The van der Waals surface area contributed by atoms with Gasteiger partial charge in [0.25, 0.3) is 0 Å². The molecule has 0 unspecified atom stereocenters. The van der Waals surface area contributed by atoms with Crippen LogP contribution in [0, 0.1) is 18.8 Å². The standard InChI is InChI=1S/C23H27ClN4O3/c1-15-12-17(24)13-16(2)20(15)14-21(29)28(3)23(8-10-25-11-9-23)22(30)26-18-4-6-19(27-31)7-5-18/h4-7,12-13,25H,8-11,14H2,1-3H3,(H,26,30). The van der Waals surface area contributed by atoms with Crippen molar-refractivity contribution in [2.24, 2.45) is 5.18 Å². The van der Waals surface area contributed by atoms with E-state index < -0.39 is 5.54 Å². The summed E-state index contributed by atoms with van der Waals surface area (Å²) in [7, 11) is 1.70. The first kappa shape index (κ1) is 22.9. The molecule has 2 N–H and O–H groups in total. The van der Waals surface area contributed by atoms with Crippen LogP contribution in [0.4, 0.5) is 11.4 Å². The van der Waals surface area contributed by atoms with Crippen molar-refractivity contribution in [2.75, 3.05) is 25.5 Å². The summed E-state index contributed by atoms with van der Waals surface area (Å²) in [4.78, 5) is 38.9. The second kappa shape index (κ2) is 9.58. The molecule has 2 amide bonds. The number of hydrogen-bond acceptors (Lipinski definition) is 5. The molecule has 0 atom stereocenters. The van der Waals surface area contributed by atoms with Crippen LogP contribution in [0.3, 0.4) is 0 Å². The van der Waals surface area contributed by atoms with Gasteiger partial charge in [0.15, 0.2) is 0 Å². The number of piperidine rings is 1. The van der Waals surface area contributed by atoms with Gasteiger partial charge < -0.3 is 15.5 Å². The molecule has 1 aliphatic rings. The number of carbonyl (C=O) groups excluding carboxylic acids is 2. The highest BCUT2D eigenvalue weighted by molar-refractivity contribution is 6.30. The van der Waals surface area contributed by atoms with Crippen LogP contribution in [0.25, 0.3) is 0 Å². The maximum absolute atomic E-state index is 13.4. The number of halogens is 1. The van der Waals surface area contributed by atoms with E-state index in [1.807, 2.05) is 26.0 Å². The van der Waals surface area contributed by atoms with Gasteiger partial charge in [-0.05, 0) is 98.0 Å². The Morgan fingerprint density at radius 3 is 2.26 bits per heavy atom. The van der Waals surface area contributed by atoms with Crippen molar-refractivity contribution in [1.82, 2.24) is 10.2 Å². The zero-order valence-electron chi connectivity index (χ0n) is 18.0. The van der Waals surface area contributed by atoms with E-state index in [0.717, 1.165) is 16.7 Å². The van der Waals surface area contributed by atoms with E-state index >= 15 is 0 Å². The van der Waals surface area contributed by atoms with Crippen LogP contribution in [0.15, 0.2) is 41.6 Å². The summed E-state index contributed by atoms with van der Waals surface area (Å²) >= 11 is 6.12. The van der Waals surface area contributed by atoms with Crippen molar-refractivity contribution in [3.8, 4) is 0 Å². The Bertz CT molecular complexity index is 962. The third kappa shape index (κ3) is 4.94. The quantitative estimate of drug-likeness (QED) is 0.658. The first-order chi connectivity index (χ1) is 14.8. The molecule has 1 heterocycles. The minimum absolute atomic E-state index is 0.119. The van der Waals surface area contributed by atoms with E-state index in [0.29, 0.717) is 36.6 Å². The Labute approximate surface area is 187 Å². The monoisotopic (exact) mass is 442 g/mol. The maximum Gasteiger partial charge on any atom is 0.250 e. The molecule has 2 aromatic rings. The van der Waals surface area contributed by atoms with Gasteiger partial charge in [0.05, 0.1) is 6.42 Å². The van der Waals surface area contributed by atoms with Crippen LogP contribution in [0.5, 0.6) is 0 Å². The van der Waals surface area contributed by atoms with Gasteiger partial charge in [0, 0.05) is 17.8 Å². The summed E-state index contributed by atoms with van der Waals surface area (Å²) in [5.41, 5.74) is 2.73. The van der Waals surface area contributed by atoms with E-state index in [1.165, 1.54) is 0 Å². The number of hydrogen-bond donors (Lipinski definition) is 2. The Morgan fingerprint density at radius 2 is 1.71 bits per heavy atom. The number of likely N-dealkylation sites (N-methyl/N-ethyl adjacent to an activating group) is 1. The number of nitrogens with zero attached hydrogens (tertiary/aromatic N) is 2. The summed E-state index contributed by atoms with van der Waals surface area (Å²) in [6, 6.07) is 10.0. The van der Waals surface area contributed by atoms with Gasteiger partial charge in [-0.25, -0.2) is 0 Å². The predicted octanol–water partition coefficient (Wildman–Crippen LogP) is 4.12. The number of rotatable bonds is 6. The smallest absolute Gasteiger partial charge is 0.250 e. The Morgan fingerprint density at radius 1 is 1.13 bits per heavy atom. The molecule has 0 saturated carbocycles. The van der Waals surface area contributed by atoms with Crippen LogP contribution in [0.2, 0.25) is 5.02 Å². The van der Waals surface area contributed by atoms with Crippen LogP contribution in [-0.2, 0) is 16.0 Å². The Balaban J connectivity index is 1.83. The lowest BCUT2D eigenvalue weighted by Crippen LogP contribution is -2.62. The van der Waals surface area contributed by atoms with Gasteiger partial charge >= 0.3 is 0 Å². The van der Waals surface area contributed by atoms with Gasteiger partial charge in [-0.1, -0.05) is 11.6 Å². The summed E-state index contributed by atoms with van der Waals surface area (Å²) in [5.74, 6) is -0.354. The number of amides is 2. The third-order valence-electron chi connectivity index (χ3n) is 6.09. The van der Waals surface area contributed by atoms with E-state index in [9.17, 15) is 14.5 Å². The SMILES string of the molecule is Cc1cc(Cl)cc(C)c1CC(=O)N(C)C1(C(=O)Nc2ccc(N=O)cc2)CCNCC1. The normalized spacial score (nSPS) is 15.2. The topological polar surface area (TPSA) is 90.9 Å². The molecule has 1 fully saturated rings. The summed E-state index contributed by atoms with van der Waals surface area (Å²) < 4.78 is 0. The first-order valence-electron chi connectivity index (χ1n) is 10.2. The first-order valence-corrected chi connectivity index (χ1v) is 10.6. The van der Waals surface area contributed by atoms with Gasteiger partial charge in [0.1, 0.15) is 11.2 Å². The lowest BCUT2D eigenvalue weighted by molar-refractivity contribution is -0.144. The number of aryl methyl sites for hydroxylation is 2. The molecule has 0 spiro atoms. The van der Waals surface area contributed by atoms with E-state index in [4.69, 9.17) is 11.6 Å². The fraction of sp³-hybridized carbons (Fsp3) is 0.391. The van der Waals surface area contributed by atoms with Crippen molar-refractivity contribution in [2.45, 2.75) is 38.6 Å². The number of nitrogens with one attached hydrogen (secondary N) is 2. The zero-order chi connectivity index (χ0) is 22.6. The molecule has 31 heavy (non-hydrogen) atoms. The zero-order valence-corrected chi connectivity index (χ0v) is 18.8. The highest BCUT2D eigenvalue weighted by Crippen LogP contribution is 2.29. The highest BCUT2D eigenvalue weighted by Gasteiger charge is 2.45. The Kier molecular flexibility index (Phi) is 7.08. The van der Waals surface area contributed by atoms with Gasteiger partial charge in [0.2, 0.25) is 11.8 Å². The molecule has 0 aromatic heterocycles. The molecule has 3 rings (SSSR count). The molecule has 0 radical (unpaired) electrons. The number of benzene rings is 2. The molecule has 1 saturated heterocycles. The summed E-state index contributed by atoms with van der Waals surface area (Å²) in [6.07, 6.45) is 1.22. The van der Waals surface area contributed by atoms with Crippen LogP contribution < -0.4 is 10.6 Å². The Hall–Kier alpha value is -2.77. The number of nitroso groups, excluding NO2 is 1. The van der Waals surface area contributed by atoms with Crippen LogP contribution in [0.1, 0.15) is 29.5 Å². The van der Waals surface area contributed by atoms with Crippen LogP contribution in [-0.4, -0.2) is 42.4 Å². The van der Waals surface area contributed by atoms with Crippen LogP contribution >= 0.6 is 11.6 Å². The van der Waals surface area contributed by atoms with Crippen molar-refractivity contribution in [3.63, 3.8) is 0 Å².